The largest absolute Gasteiger partial charge is 0.394 e. The summed E-state index contributed by atoms with van der Waals surface area (Å²) in [6.07, 6.45) is 0.864. The van der Waals surface area contributed by atoms with Gasteiger partial charge in [0.1, 0.15) is 25.7 Å². The predicted molar refractivity (Wildman–Crippen MR) is 67.9 cm³/mol. The van der Waals surface area contributed by atoms with Crippen molar-refractivity contribution in [2.75, 3.05) is 6.61 Å². The monoisotopic (exact) mass is 244 g/mol. The third kappa shape index (κ3) is 2.55. The molecule has 0 spiro atoms. The highest BCUT2D eigenvalue weighted by molar-refractivity contribution is 7.20. The average molecular weight is 244 g/mol. The molecule has 90 valence electrons. The molecule has 0 amide bonds. The Morgan fingerprint density at radius 1 is 1.75 bits per heavy atom. The van der Waals surface area contributed by atoms with Gasteiger partial charge in [-0.1, -0.05) is 14.9 Å². The molecular weight excluding hydrogens is 226 g/mol. The molecule has 1 saturated heterocycles. The Balaban J connectivity index is 2.92. The van der Waals surface area contributed by atoms with Crippen LogP contribution in [0.3, 0.4) is 0 Å². The Bertz CT molecular complexity index is 286. The number of rotatable bonds is 5. The van der Waals surface area contributed by atoms with Gasteiger partial charge in [0.25, 0.3) is 0 Å². The zero-order valence-corrected chi connectivity index (χ0v) is 10.6. The first-order chi connectivity index (χ1) is 7.45. The summed E-state index contributed by atoms with van der Waals surface area (Å²) in [5, 5.41) is 19.7. The molecule has 4 atom stereocenters. The van der Waals surface area contributed by atoms with Crippen molar-refractivity contribution in [2.45, 2.75) is 37.2 Å². The Labute approximate surface area is 98.9 Å². The van der Waals surface area contributed by atoms with Crippen molar-refractivity contribution in [3.8, 4) is 0 Å². The first-order valence-corrected chi connectivity index (χ1v) is 5.77. The number of ether oxygens (including phenoxy) is 2. The van der Waals surface area contributed by atoms with Crippen LogP contribution in [0.15, 0.2) is 12.7 Å². The zero-order chi connectivity index (χ0) is 12.3. The highest BCUT2D eigenvalue weighted by Crippen LogP contribution is 2.35. The fourth-order valence-corrected chi connectivity index (χ4v) is 2.15. The van der Waals surface area contributed by atoms with Crippen molar-refractivity contribution < 1.29 is 19.7 Å². The van der Waals surface area contributed by atoms with Gasteiger partial charge in [-0.15, -0.1) is 6.58 Å². The van der Waals surface area contributed by atoms with Crippen LogP contribution >= 0.6 is 8.86 Å². The molecule has 0 aromatic heterocycles. The van der Waals surface area contributed by atoms with Gasteiger partial charge in [0.2, 0.25) is 0 Å². The Hall–Kier alpha value is -0.185. The number of hydrogen-bond donors (Lipinski definition) is 2. The maximum absolute atomic E-state index is 10.5. The molecule has 1 heterocycles. The molecule has 0 aromatic carbocycles. The zero-order valence-electron chi connectivity index (χ0n) is 9.64. The fraction of sp³-hybridized carbons (Fsp3) is 0.700. The van der Waals surface area contributed by atoms with Crippen LogP contribution in [0.4, 0.5) is 0 Å². The van der Waals surface area contributed by atoms with Crippen molar-refractivity contribution in [1.82, 2.24) is 0 Å². The quantitative estimate of drug-likeness (QED) is 0.382. The normalized spacial score (nSPS) is 38.6. The first kappa shape index (κ1) is 13.9. The van der Waals surface area contributed by atoms with Crippen molar-refractivity contribution in [3.63, 3.8) is 0 Å². The second kappa shape index (κ2) is 5.43. The van der Waals surface area contributed by atoms with E-state index in [1.54, 1.807) is 20.8 Å². The second-order valence-electron chi connectivity index (χ2n) is 4.08. The van der Waals surface area contributed by atoms with Crippen molar-refractivity contribution in [3.05, 3.63) is 12.7 Å². The van der Waals surface area contributed by atoms with Crippen molar-refractivity contribution >= 4 is 22.2 Å². The van der Waals surface area contributed by atoms with Crippen LogP contribution in [-0.2, 0) is 9.47 Å². The predicted octanol–water partition coefficient (Wildman–Crippen LogP) is -0.678. The summed E-state index contributed by atoms with van der Waals surface area (Å²) in [7, 11) is 5.00. The van der Waals surface area contributed by atoms with Crippen LogP contribution in [-0.4, -0.2) is 54.0 Å². The third-order valence-electron chi connectivity index (χ3n) is 2.87. The summed E-state index contributed by atoms with van der Waals surface area (Å²) in [6, 6.07) is -0.404. The number of hydrogen-bond acceptors (Lipinski definition) is 4. The van der Waals surface area contributed by atoms with E-state index in [2.05, 4.69) is 15.4 Å². The van der Waals surface area contributed by atoms with Gasteiger partial charge in [0.15, 0.2) is 0 Å². The van der Waals surface area contributed by atoms with Crippen LogP contribution in [0.1, 0.15) is 13.3 Å². The van der Waals surface area contributed by atoms with Gasteiger partial charge < -0.3 is 19.7 Å². The summed E-state index contributed by atoms with van der Waals surface area (Å²) in [5.74, 6) is 0. The molecule has 0 radical (unpaired) electrons. The lowest BCUT2D eigenvalue weighted by Gasteiger charge is -2.31. The van der Waals surface area contributed by atoms with Crippen LogP contribution in [0, 0.1) is 0 Å². The molecule has 0 bridgehead atoms. The minimum atomic E-state index is -1.15. The summed E-state index contributed by atoms with van der Waals surface area (Å²) in [5.41, 5.74) is -0.605. The van der Waals surface area contributed by atoms with Crippen molar-refractivity contribution in [2.24, 2.45) is 0 Å². The van der Waals surface area contributed by atoms with Crippen LogP contribution in [0.25, 0.3) is 0 Å². The minimum Gasteiger partial charge on any atom is -0.394 e. The Morgan fingerprint density at radius 3 is 2.81 bits per heavy atom. The van der Waals surface area contributed by atoms with E-state index in [1.165, 1.54) is 0 Å². The van der Waals surface area contributed by atoms with Crippen LogP contribution in [0.2, 0.25) is 0 Å². The maximum atomic E-state index is 10.5. The lowest BCUT2D eigenvalue weighted by Crippen LogP contribution is -2.50. The summed E-state index contributed by atoms with van der Waals surface area (Å²) in [6.45, 7) is 5.15. The molecule has 2 N–H and O–H groups in total. The molecule has 2 unspecified atom stereocenters. The first-order valence-electron chi connectivity index (χ1n) is 5.27. The molecule has 0 aromatic rings. The smallest absolute Gasteiger partial charge is 0.143 e. The molecule has 0 saturated carbocycles. The SMILES string of the molecule is BC1OC(CO)[C@@H](OC(C)=P)[C@@]1(O)CC=C. The van der Waals surface area contributed by atoms with E-state index in [0.29, 0.717) is 11.9 Å². The lowest BCUT2D eigenvalue weighted by atomic mass is 9.78. The lowest BCUT2D eigenvalue weighted by molar-refractivity contribution is -0.0495. The van der Waals surface area contributed by atoms with E-state index in [-0.39, 0.29) is 6.61 Å². The average Bonchev–Trinajstić information content (AvgIpc) is 2.42. The van der Waals surface area contributed by atoms with E-state index in [1.807, 2.05) is 0 Å². The molecule has 1 fully saturated rings. The molecule has 1 aliphatic heterocycles. The Morgan fingerprint density at radius 2 is 2.38 bits per heavy atom. The highest BCUT2D eigenvalue weighted by atomic mass is 31.0. The molecule has 6 heteroatoms. The molecule has 1 rings (SSSR count). The number of aliphatic hydroxyl groups excluding tert-OH is 1. The third-order valence-corrected chi connectivity index (χ3v) is 2.99. The molecule has 4 nitrogen and oxygen atoms in total. The topological polar surface area (TPSA) is 58.9 Å². The second-order valence-corrected chi connectivity index (χ2v) is 4.78. The maximum Gasteiger partial charge on any atom is 0.143 e. The van der Waals surface area contributed by atoms with Gasteiger partial charge in [-0.2, -0.15) is 0 Å². The van der Waals surface area contributed by atoms with Gasteiger partial charge in [-0.25, -0.2) is 0 Å². The molecule has 16 heavy (non-hydrogen) atoms. The number of aliphatic hydroxyl groups is 2. The summed E-state index contributed by atoms with van der Waals surface area (Å²) >= 11 is 0. The van der Waals surface area contributed by atoms with E-state index in [4.69, 9.17) is 9.47 Å². The van der Waals surface area contributed by atoms with Gasteiger partial charge in [0.05, 0.1) is 18.1 Å². The van der Waals surface area contributed by atoms with Gasteiger partial charge in [-0.3, -0.25) is 0 Å². The molecule has 1 aliphatic rings. The van der Waals surface area contributed by atoms with E-state index >= 15 is 0 Å². The van der Waals surface area contributed by atoms with Gasteiger partial charge in [0, 0.05) is 0 Å². The standard InChI is InChI=1S/C10H18BO4P/c1-3-4-10(13)8(14-6(2)16)7(5-12)15-9(10)11/h3,7-9,12-13,16H,1,4-5,11H2,2H3/t7?,8-,9?,10+/m1/s1. The summed E-state index contributed by atoms with van der Waals surface area (Å²) in [4.78, 5) is 0. The van der Waals surface area contributed by atoms with Crippen molar-refractivity contribution in [1.29, 1.82) is 0 Å². The van der Waals surface area contributed by atoms with Crippen LogP contribution < -0.4 is 0 Å². The van der Waals surface area contributed by atoms with E-state index in [9.17, 15) is 10.2 Å². The summed E-state index contributed by atoms with van der Waals surface area (Å²) < 4.78 is 11.0. The van der Waals surface area contributed by atoms with E-state index < -0.39 is 23.8 Å². The highest BCUT2D eigenvalue weighted by Gasteiger charge is 2.53. The Kier molecular flexibility index (Phi) is 4.71. The fourth-order valence-electron chi connectivity index (χ4n) is 2.03. The van der Waals surface area contributed by atoms with E-state index in [0.717, 1.165) is 0 Å². The minimum absolute atomic E-state index is 0.187. The molecule has 0 aliphatic carbocycles. The van der Waals surface area contributed by atoms with Crippen LogP contribution in [0.5, 0.6) is 0 Å². The van der Waals surface area contributed by atoms with Gasteiger partial charge in [-0.05, 0) is 13.3 Å². The molecular formula is C10H18BO4P. The van der Waals surface area contributed by atoms with Gasteiger partial charge >= 0.3 is 0 Å².